The molecule has 0 saturated heterocycles. The minimum absolute atomic E-state index is 0.385. The van der Waals surface area contributed by atoms with Gasteiger partial charge in [-0.05, 0) is 13.3 Å². The number of aromatic nitrogens is 4. The minimum Gasteiger partial charge on any atom is -0.309 e. The second-order valence-corrected chi connectivity index (χ2v) is 7.13. The first-order chi connectivity index (χ1) is 10.5. The van der Waals surface area contributed by atoms with E-state index < -0.39 is 11.2 Å². The molecule has 22 heavy (non-hydrogen) atoms. The summed E-state index contributed by atoms with van der Waals surface area (Å²) in [6.45, 7) is 2.21. The van der Waals surface area contributed by atoms with Crippen LogP contribution in [0.4, 0.5) is 0 Å². The van der Waals surface area contributed by atoms with Crippen LogP contribution in [0, 0.1) is 0 Å². The van der Waals surface area contributed by atoms with E-state index in [-0.39, 0.29) is 0 Å². The fourth-order valence-electron chi connectivity index (χ4n) is 1.93. The van der Waals surface area contributed by atoms with Crippen LogP contribution >= 0.6 is 39.3 Å². The first-order valence-electron chi connectivity index (χ1n) is 6.66. The molecule has 9 heteroatoms. The molecule has 2 aromatic heterocycles. The van der Waals surface area contributed by atoms with Gasteiger partial charge in [0.1, 0.15) is 0 Å². The van der Waals surface area contributed by atoms with Gasteiger partial charge in [0, 0.05) is 29.7 Å². The second-order valence-electron chi connectivity index (χ2n) is 4.68. The summed E-state index contributed by atoms with van der Waals surface area (Å²) in [5.74, 6) is 0.865. The Bertz CT molecular complexity index is 820. The molecule has 0 spiro atoms. The van der Waals surface area contributed by atoms with Crippen molar-refractivity contribution >= 4 is 50.5 Å². The van der Waals surface area contributed by atoms with Gasteiger partial charge in [-0.1, -0.05) is 45.4 Å². The maximum Gasteiger partial charge on any atom is 0.329 e. The van der Waals surface area contributed by atoms with Crippen molar-refractivity contribution in [2.75, 3.05) is 11.1 Å². The lowest BCUT2D eigenvalue weighted by Gasteiger charge is -2.05. The van der Waals surface area contributed by atoms with Crippen LogP contribution in [-0.2, 0) is 13.6 Å². The van der Waals surface area contributed by atoms with Gasteiger partial charge in [0.15, 0.2) is 16.3 Å². The normalized spacial score (nSPS) is 12.3. The van der Waals surface area contributed by atoms with E-state index in [0.29, 0.717) is 27.9 Å². The summed E-state index contributed by atoms with van der Waals surface area (Å²) in [6.07, 6.45) is 2.79. The molecular formula is C13H16BrClN4O2S. The van der Waals surface area contributed by atoms with Crippen LogP contribution in [0.3, 0.4) is 0 Å². The van der Waals surface area contributed by atoms with Gasteiger partial charge in [-0.25, -0.2) is 9.78 Å². The van der Waals surface area contributed by atoms with Crippen molar-refractivity contribution in [2.45, 2.75) is 25.0 Å². The Morgan fingerprint density at radius 1 is 1.50 bits per heavy atom. The fraction of sp³-hybridized carbons (Fsp3) is 0.462. The van der Waals surface area contributed by atoms with Crippen molar-refractivity contribution in [3.05, 3.63) is 31.9 Å². The van der Waals surface area contributed by atoms with Crippen LogP contribution in [0.2, 0.25) is 0 Å². The standard InChI is InChI=1S/C13H16BrClN4O2S/c1-8(15)4-6-19-9-10(16-13(19)22-7-3-5-14)18(2)12(21)17-11(9)20/h4H,3,5-7H2,1-2H3,(H,17,20,21)/b8-4-. The van der Waals surface area contributed by atoms with Crippen LogP contribution in [-0.4, -0.2) is 30.2 Å². The summed E-state index contributed by atoms with van der Waals surface area (Å²) in [5, 5.41) is 2.25. The van der Waals surface area contributed by atoms with E-state index in [1.807, 2.05) is 6.08 Å². The van der Waals surface area contributed by atoms with Gasteiger partial charge < -0.3 is 4.57 Å². The average Bonchev–Trinajstić information content (AvgIpc) is 2.82. The van der Waals surface area contributed by atoms with Crippen molar-refractivity contribution in [3.8, 4) is 0 Å². The molecule has 0 aliphatic heterocycles. The number of nitrogens with one attached hydrogen (secondary N) is 1. The summed E-state index contributed by atoms with van der Waals surface area (Å²) in [4.78, 5) is 30.6. The average molecular weight is 408 g/mol. The Morgan fingerprint density at radius 3 is 2.86 bits per heavy atom. The number of H-pyrrole nitrogens is 1. The number of alkyl halides is 1. The number of allylic oxidation sites excluding steroid dienone is 2. The monoisotopic (exact) mass is 406 g/mol. The maximum atomic E-state index is 12.2. The Kier molecular flexibility index (Phi) is 5.94. The lowest BCUT2D eigenvalue weighted by Crippen LogP contribution is -2.29. The topological polar surface area (TPSA) is 72.7 Å². The van der Waals surface area contributed by atoms with Crippen molar-refractivity contribution in [2.24, 2.45) is 7.05 Å². The van der Waals surface area contributed by atoms with E-state index in [4.69, 9.17) is 11.6 Å². The SMILES string of the molecule is C/C(Cl)=C/Cn1c(SCCCBr)nc2c1c(=O)[nH]c(=O)n2C. The summed E-state index contributed by atoms with van der Waals surface area (Å²) in [6, 6.07) is 0. The molecule has 1 N–H and O–H groups in total. The summed E-state index contributed by atoms with van der Waals surface area (Å²) in [5.41, 5.74) is -0.130. The quantitative estimate of drug-likeness (QED) is 0.453. The Hall–Kier alpha value is -0.990. The minimum atomic E-state index is -0.469. The van der Waals surface area contributed by atoms with Crippen LogP contribution in [0.15, 0.2) is 25.9 Å². The van der Waals surface area contributed by atoms with Crippen LogP contribution in [0.25, 0.3) is 11.2 Å². The molecule has 0 radical (unpaired) electrons. The highest BCUT2D eigenvalue weighted by atomic mass is 79.9. The number of rotatable bonds is 6. The van der Waals surface area contributed by atoms with E-state index in [0.717, 1.165) is 17.5 Å². The highest BCUT2D eigenvalue weighted by Crippen LogP contribution is 2.22. The van der Waals surface area contributed by atoms with Crippen molar-refractivity contribution in [3.63, 3.8) is 0 Å². The summed E-state index contributed by atoms with van der Waals surface area (Å²) >= 11 is 10.8. The van der Waals surface area contributed by atoms with E-state index in [9.17, 15) is 9.59 Å². The molecule has 0 amide bonds. The zero-order chi connectivity index (χ0) is 16.3. The van der Waals surface area contributed by atoms with Crippen molar-refractivity contribution < 1.29 is 0 Å². The van der Waals surface area contributed by atoms with Crippen molar-refractivity contribution in [1.82, 2.24) is 19.1 Å². The van der Waals surface area contributed by atoms with E-state index in [2.05, 4.69) is 25.9 Å². The fourth-order valence-corrected chi connectivity index (χ4v) is 3.59. The van der Waals surface area contributed by atoms with Gasteiger partial charge in [0.05, 0.1) is 0 Å². The number of fused-ring (bicyclic) bond motifs is 1. The Balaban J connectivity index is 2.61. The molecular weight excluding hydrogens is 392 g/mol. The molecule has 6 nitrogen and oxygen atoms in total. The van der Waals surface area contributed by atoms with Gasteiger partial charge >= 0.3 is 5.69 Å². The Morgan fingerprint density at radius 2 is 2.23 bits per heavy atom. The predicted molar refractivity (Wildman–Crippen MR) is 94.3 cm³/mol. The third-order valence-corrected chi connectivity index (χ3v) is 4.81. The van der Waals surface area contributed by atoms with E-state index >= 15 is 0 Å². The van der Waals surface area contributed by atoms with Crippen LogP contribution < -0.4 is 11.2 Å². The molecule has 0 aromatic carbocycles. The van der Waals surface area contributed by atoms with E-state index in [1.54, 1.807) is 30.3 Å². The highest BCUT2D eigenvalue weighted by Gasteiger charge is 2.16. The number of hydrogen-bond donors (Lipinski definition) is 1. The highest BCUT2D eigenvalue weighted by molar-refractivity contribution is 9.09. The molecule has 0 saturated carbocycles. The molecule has 0 atom stereocenters. The zero-order valence-corrected chi connectivity index (χ0v) is 15.4. The summed E-state index contributed by atoms with van der Waals surface area (Å²) in [7, 11) is 1.59. The number of hydrogen-bond acceptors (Lipinski definition) is 4. The largest absolute Gasteiger partial charge is 0.329 e. The molecule has 0 aliphatic rings. The molecule has 120 valence electrons. The third kappa shape index (κ3) is 3.67. The van der Waals surface area contributed by atoms with Gasteiger partial charge in [-0.15, -0.1) is 0 Å². The van der Waals surface area contributed by atoms with Crippen LogP contribution in [0.5, 0.6) is 0 Å². The van der Waals surface area contributed by atoms with Gasteiger partial charge in [0.2, 0.25) is 0 Å². The van der Waals surface area contributed by atoms with Gasteiger partial charge in [0.25, 0.3) is 5.56 Å². The second kappa shape index (κ2) is 7.52. The summed E-state index contributed by atoms with van der Waals surface area (Å²) < 4.78 is 3.14. The molecule has 0 aliphatic carbocycles. The lowest BCUT2D eigenvalue weighted by atomic mass is 10.4. The number of imidazole rings is 1. The zero-order valence-electron chi connectivity index (χ0n) is 12.2. The van der Waals surface area contributed by atoms with Gasteiger partial charge in [-0.3, -0.25) is 14.3 Å². The molecule has 2 aromatic rings. The van der Waals surface area contributed by atoms with Gasteiger partial charge in [-0.2, -0.15) is 0 Å². The lowest BCUT2D eigenvalue weighted by molar-refractivity contribution is 0.742. The third-order valence-electron chi connectivity index (χ3n) is 3.04. The first-order valence-corrected chi connectivity index (χ1v) is 9.14. The molecule has 2 rings (SSSR count). The number of nitrogens with zero attached hydrogens (tertiary/aromatic N) is 3. The number of aryl methyl sites for hydroxylation is 1. The smallest absolute Gasteiger partial charge is 0.309 e. The molecule has 2 heterocycles. The maximum absolute atomic E-state index is 12.2. The Labute approximate surface area is 144 Å². The number of thioether (sulfide) groups is 1. The first kappa shape index (κ1) is 17.4. The predicted octanol–water partition coefficient (Wildman–Crippen LogP) is 2.44. The van der Waals surface area contributed by atoms with E-state index in [1.165, 1.54) is 4.57 Å². The van der Waals surface area contributed by atoms with Crippen LogP contribution in [0.1, 0.15) is 13.3 Å². The molecule has 0 bridgehead atoms. The number of halogens is 2. The molecule has 0 unspecified atom stereocenters. The van der Waals surface area contributed by atoms with Crippen molar-refractivity contribution in [1.29, 1.82) is 0 Å². The molecule has 0 fully saturated rings. The number of aromatic amines is 1.